The second-order valence-electron chi connectivity index (χ2n) is 27.0. The van der Waals surface area contributed by atoms with Gasteiger partial charge in [-0.15, -0.1) is 0 Å². The van der Waals surface area contributed by atoms with Crippen LogP contribution in [0.4, 0.5) is 0 Å². The van der Waals surface area contributed by atoms with Gasteiger partial charge in [0.05, 0.1) is 25.4 Å². The molecule has 3 N–H and O–H groups in total. The number of ether oxygens (including phenoxy) is 1. The minimum Gasteiger partial charge on any atom is -0.466 e. The molecule has 0 radical (unpaired) electrons. The molecule has 0 aliphatic heterocycles. The lowest BCUT2D eigenvalue weighted by Gasteiger charge is -2.22. The highest BCUT2D eigenvalue weighted by molar-refractivity contribution is 5.76. The molecule has 0 aromatic carbocycles. The predicted molar refractivity (Wildman–Crippen MR) is 370 cm³/mol. The Kier molecular flexibility index (Phi) is 72.8. The molecule has 0 aromatic heterocycles. The van der Waals surface area contributed by atoms with Crippen LogP contribution in [0.1, 0.15) is 450 Å². The van der Waals surface area contributed by atoms with E-state index in [1.54, 1.807) is 0 Å². The summed E-state index contributed by atoms with van der Waals surface area (Å²) in [6.07, 6.45) is 93.0. The monoisotopic (exact) mass is 1180 g/mol. The second-order valence-corrected chi connectivity index (χ2v) is 27.0. The van der Waals surface area contributed by atoms with E-state index < -0.39 is 12.1 Å². The fourth-order valence-electron chi connectivity index (χ4n) is 12.6. The number of hydrogen-bond acceptors (Lipinski definition) is 5. The van der Waals surface area contributed by atoms with Crippen LogP contribution in [-0.4, -0.2) is 47.4 Å². The summed E-state index contributed by atoms with van der Waals surface area (Å²) in [7, 11) is 0. The number of aliphatic hydroxyl groups excluding tert-OH is 2. The van der Waals surface area contributed by atoms with Crippen molar-refractivity contribution in [1.29, 1.82) is 0 Å². The van der Waals surface area contributed by atoms with Crippen LogP contribution in [0.5, 0.6) is 0 Å². The van der Waals surface area contributed by atoms with Crippen LogP contribution >= 0.6 is 0 Å². The summed E-state index contributed by atoms with van der Waals surface area (Å²) in [5.41, 5.74) is 0. The van der Waals surface area contributed by atoms with Crippen LogP contribution in [0.15, 0.2) is 12.2 Å². The molecule has 0 fully saturated rings. The molecule has 1 amide bonds. The van der Waals surface area contributed by atoms with E-state index in [4.69, 9.17) is 4.74 Å². The largest absolute Gasteiger partial charge is 0.466 e. The maximum Gasteiger partial charge on any atom is 0.305 e. The minimum atomic E-state index is -0.662. The van der Waals surface area contributed by atoms with E-state index >= 15 is 0 Å². The van der Waals surface area contributed by atoms with Crippen LogP contribution in [0.3, 0.4) is 0 Å². The molecule has 6 heteroatoms. The first kappa shape index (κ1) is 82.6. The molecule has 84 heavy (non-hydrogen) atoms. The summed E-state index contributed by atoms with van der Waals surface area (Å²) in [6.45, 7) is 4.99. The van der Waals surface area contributed by atoms with Crippen molar-refractivity contribution in [1.82, 2.24) is 5.32 Å². The molecule has 6 nitrogen and oxygen atoms in total. The standard InChI is InChI=1S/C78H153NO5/c1-3-5-7-9-11-13-15-17-18-19-20-21-31-34-37-40-43-47-50-54-58-62-66-70-76(81)75(74-80)79-77(82)71-67-63-59-55-51-48-44-41-38-35-32-29-27-25-23-22-24-26-28-30-33-36-39-42-45-49-53-57-61-65-69-73-84-78(83)72-68-64-60-56-52-46-16-14-12-10-8-6-4-2/h14,16,75-76,80-81H,3-13,15,17-74H2,1-2H3,(H,79,82)/b16-14-. The molecule has 0 bridgehead atoms. The van der Waals surface area contributed by atoms with E-state index in [1.165, 1.54) is 372 Å². The van der Waals surface area contributed by atoms with E-state index in [0.29, 0.717) is 25.9 Å². The van der Waals surface area contributed by atoms with Crippen molar-refractivity contribution < 1.29 is 24.5 Å². The Balaban J connectivity index is 3.33. The molecule has 0 rings (SSSR count). The maximum atomic E-state index is 12.6. The molecule has 0 heterocycles. The van der Waals surface area contributed by atoms with Crippen molar-refractivity contribution in [2.75, 3.05) is 13.2 Å². The zero-order valence-electron chi connectivity index (χ0n) is 57.4. The third-order valence-corrected chi connectivity index (χ3v) is 18.6. The van der Waals surface area contributed by atoms with Crippen molar-refractivity contribution in [3.05, 3.63) is 12.2 Å². The average Bonchev–Trinajstić information content (AvgIpc) is 3.51. The molecule has 0 saturated heterocycles. The normalized spacial score (nSPS) is 12.5. The van der Waals surface area contributed by atoms with Gasteiger partial charge in [-0.3, -0.25) is 9.59 Å². The lowest BCUT2D eigenvalue weighted by atomic mass is 10.0. The zero-order valence-corrected chi connectivity index (χ0v) is 57.4. The molecule has 0 aliphatic rings. The number of esters is 1. The highest BCUT2D eigenvalue weighted by Crippen LogP contribution is 2.20. The number of rotatable bonds is 74. The van der Waals surface area contributed by atoms with Gasteiger partial charge in [0.1, 0.15) is 0 Å². The first-order valence-electron chi connectivity index (χ1n) is 38.9. The Morgan fingerprint density at radius 1 is 0.321 bits per heavy atom. The molecule has 2 unspecified atom stereocenters. The highest BCUT2D eigenvalue weighted by atomic mass is 16.5. The van der Waals surface area contributed by atoms with E-state index in [2.05, 4.69) is 31.3 Å². The van der Waals surface area contributed by atoms with Gasteiger partial charge in [-0.2, -0.15) is 0 Å². The number of aliphatic hydroxyl groups is 2. The zero-order chi connectivity index (χ0) is 60.6. The summed E-state index contributed by atoms with van der Waals surface area (Å²) in [4.78, 5) is 24.6. The van der Waals surface area contributed by atoms with Gasteiger partial charge in [-0.1, -0.05) is 398 Å². The molecule has 0 aromatic rings. The van der Waals surface area contributed by atoms with Crippen molar-refractivity contribution in [3.8, 4) is 0 Å². The van der Waals surface area contributed by atoms with Crippen molar-refractivity contribution >= 4 is 11.9 Å². The smallest absolute Gasteiger partial charge is 0.305 e. The summed E-state index contributed by atoms with van der Waals surface area (Å²) < 4.78 is 5.49. The fourth-order valence-corrected chi connectivity index (χ4v) is 12.6. The van der Waals surface area contributed by atoms with Crippen LogP contribution in [0.2, 0.25) is 0 Å². The Labute approximate surface area is 527 Å². The minimum absolute atomic E-state index is 0.0125. The number of nitrogens with one attached hydrogen (secondary N) is 1. The van der Waals surface area contributed by atoms with E-state index in [1.807, 2.05) is 0 Å². The summed E-state index contributed by atoms with van der Waals surface area (Å²) in [5, 5.41) is 23.5. The Morgan fingerprint density at radius 3 is 0.857 bits per heavy atom. The first-order chi connectivity index (χ1) is 41.5. The molecular weight excluding hydrogens is 1030 g/mol. The number of amides is 1. The van der Waals surface area contributed by atoms with Gasteiger partial charge in [-0.25, -0.2) is 0 Å². The quantitative estimate of drug-likeness (QED) is 0.0320. The summed E-state index contributed by atoms with van der Waals surface area (Å²) in [6, 6.07) is -0.539. The third kappa shape index (κ3) is 69.7. The lowest BCUT2D eigenvalue weighted by Crippen LogP contribution is -2.45. The Morgan fingerprint density at radius 2 is 0.560 bits per heavy atom. The number of hydrogen-bond donors (Lipinski definition) is 3. The molecule has 0 saturated carbocycles. The molecule has 0 spiro atoms. The molecular formula is C78H153NO5. The van der Waals surface area contributed by atoms with Gasteiger partial charge in [0, 0.05) is 12.8 Å². The maximum absolute atomic E-state index is 12.6. The summed E-state index contributed by atoms with van der Waals surface area (Å²) in [5.74, 6) is -0.0123. The average molecular weight is 1190 g/mol. The number of carbonyl (C=O) groups excluding carboxylic acids is 2. The number of allylic oxidation sites excluding steroid dienone is 2. The van der Waals surface area contributed by atoms with Crippen LogP contribution in [-0.2, 0) is 14.3 Å². The van der Waals surface area contributed by atoms with Crippen molar-refractivity contribution in [2.45, 2.75) is 463 Å². The van der Waals surface area contributed by atoms with Crippen molar-refractivity contribution in [2.24, 2.45) is 0 Å². The highest BCUT2D eigenvalue weighted by Gasteiger charge is 2.20. The van der Waals surface area contributed by atoms with Crippen LogP contribution < -0.4 is 5.32 Å². The lowest BCUT2D eigenvalue weighted by molar-refractivity contribution is -0.143. The summed E-state index contributed by atoms with van der Waals surface area (Å²) >= 11 is 0. The van der Waals surface area contributed by atoms with Crippen LogP contribution in [0, 0.1) is 0 Å². The third-order valence-electron chi connectivity index (χ3n) is 18.6. The Bertz CT molecular complexity index is 1270. The topological polar surface area (TPSA) is 95.9 Å². The molecule has 0 aliphatic carbocycles. The molecule has 2 atom stereocenters. The second kappa shape index (κ2) is 74.1. The van der Waals surface area contributed by atoms with Gasteiger partial charge in [0.15, 0.2) is 0 Å². The van der Waals surface area contributed by atoms with Crippen molar-refractivity contribution in [3.63, 3.8) is 0 Å². The Hall–Kier alpha value is -1.40. The van der Waals surface area contributed by atoms with Gasteiger partial charge in [-0.05, 0) is 51.4 Å². The molecule has 500 valence electrons. The van der Waals surface area contributed by atoms with Gasteiger partial charge >= 0.3 is 5.97 Å². The number of unbranched alkanes of at least 4 members (excludes halogenated alkanes) is 61. The SMILES string of the molecule is CCCCCC/C=C\CCCCCCCC(=O)OCCCCCCCCCCCCCCCCCCCCCCCCCCCCCCCCCC(=O)NC(CO)C(O)CCCCCCCCCCCCCCCCCCCCCCCCC. The van der Waals surface area contributed by atoms with Crippen LogP contribution in [0.25, 0.3) is 0 Å². The van der Waals surface area contributed by atoms with E-state index in [0.717, 1.165) is 44.9 Å². The van der Waals surface area contributed by atoms with Gasteiger partial charge in [0.2, 0.25) is 5.91 Å². The predicted octanol–water partition coefficient (Wildman–Crippen LogP) is 25.5. The first-order valence-corrected chi connectivity index (χ1v) is 38.9. The van der Waals surface area contributed by atoms with E-state index in [9.17, 15) is 19.8 Å². The fraction of sp³-hybridized carbons (Fsp3) is 0.949. The van der Waals surface area contributed by atoms with Gasteiger partial charge in [0.25, 0.3) is 0 Å². The van der Waals surface area contributed by atoms with Gasteiger partial charge < -0.3 is 20.3 Å². The van der Waals surface area contributed by atoms with E-state index in [-0.39, 0.29) is 18.5 Å². The number of carbonyl (C=O) groups is 2.